The highest BCUT2D eigenvalue weighted by molar-refractivity contribution is 5.97. The number of nitrogens with one attached hydrogen (secondary N) is 1. The zero-order valence-electron chi connectivity index (χ0n) is 13.0. The van der Waals surface area contributed by atoms with Gasteiger partial charge in [-0.05, 0) is 43.9 Å². The predicted molar refractivity (Wildman–Crippen MR) is 80.3 cm³/mol. The number of hydrogen-bond donors (Lipinski definition) is 1. The number of amides is 2. The lowest BCUT2D eigenvalue weighted by atomic mass is 9.96. The van der Waals surface area contributed by atoms with Crippen LogP contribution in [0.2, 0.25) is 0 Å². The summed E-state index contributed by atoms with van der Waals surface area (Å²) in [7, 11) is 0. The summed E-state index contributed by atoms with van der Waals surface area (Å²) >= 11 is 0. The highest BCUT2D eigenvalue weighted by atomic mass is 16.2. The van der Waals surface area contributed by atoms with Crippen LogP contribution < -0.4 is 5.32 Å². The molecule has 0 bridgehead atoms. The first kappa shape index (κ1) is 15.5. The van der Waals surface area contributed by atoms with Gasteiger partial charge in [-0.2, -0.15) is 0 Å². The van der Waals surface area contributed by atoms with Gasteiger partial charge in [0.15, 0.2) is 0 Å². The second-order valence-electron chi connectivity index (χ2n) is 6.07. The van der Waals surface area contributed by atoms with Crippen molar-refractivity contribution in [3.8, 4) is 0 Å². The quantitative estimate of drug-likeness (QED) is 0.921. The fraction of sp³-hybridized carbons (Fsp3) is 0.562. The Labute approximate surface area is 125 Å². The minimum absolute atomic E-state index is 0.000104. The predicted octanol–water partition coefficient (Wildman–Crippen LogP) is 1.90. The van der Waals surface area contributed by atoms with E-state index >= 15 is 0 Å². The van der Waals surface area contributed by atoms with Gasteiger partial charge in [-0.3, -0.25) is 14.6 Å². The van der Waals surface area contributed by atoms with Gasteiger partial charge in [-0.1, -0.05) is 13.8 Å². The summed E-state index contributed by atoms with van der Waals surface area (Å²) in [5.74, 6) is 0.270. The highest BCUT2D eigenvalue weighted by Crippen LogP contribution is 2.26. The van der Waals surface area contributed by atoms with Gasteiger partial charge >= 0.3 is 0 Å². The maximum absolute atomic E-state index is 12.7. The number of piperazine rings is 1. The van der Waals surface area contributed by atoms with Crippen LogP contribution in [0, 0.1) is 5.92 Å². The Bertz CT molecular complexity index is 516. The number of rotatable bonds is 4. The van der Waals surface area contributed by atoms with Crippen molar-refractivity contribution in [3.05, 3.63) is 30.1 Å². The van der Waals surface area contributed by atoms with Crippen LogP contribution in [-0.2, 0) is 9.59 Å². The minimum Gasteiger partial charge on any atom is -0.343 e. The van der Waals surface area contributed by atoms with Crippen LogP contribution in [0.1, 0.15) is 45.7 Å². The normalized spacial score (nSPS) is 24.1. The number of carbonyl (C=O) groups is 2. The molecule has 5 nitrogen and oxygen atoms in total. The van der Waals surface area contributed by atoms with Gasteiger partial charge in [0.05, 0.1) is 6.04 Å². The molecule has 1 aliphatic heterocycles. The molecule has 0 saturated carbocycles. The Morgan fingerprint density at radius 3 is 2.43 bits per heavy atom. The maximum Gasteiger partial charge on any atom is 0.246 e. The van der Waals surface area contributed by atoms with Crippen LogP contribution in [0.25, 0.3) is 0 Å². The lowest BCUT2D eigenvalue weighted by molar-refractivity contribution is -0.151. The van der Waals surface area contributed by atoms with Crippen molar-refractivity contribution in [3.63, 3.8) is 0 Å². The van der Waals surface area contributed by atoms with Crippen LogP contribution >= 0.6 is 0 Å². The van der Waals surface area contributed by atoms with Crippen LogP contribution in [0.3, 0.4) is 0 Å². The molecule has 0 spiro atoms. The first-order valence-corrected chi connectivity index (χ1v) is 7.44. The van der Waals surface area contributed by atoms with Crippen molar-refractivity contribution in [2.75, 3.05) is 0 Å². The van der Waals surface area contributed by atoms with E-state index in [-0.39, 0.29) is 17.9 Å². The Morgan fingerprint density at radius 1 is 1.24 bits per heavy atom. The lowest BCUT2D eigenvalue weighted by Gasteiger charge is -2.41. The van der Waals surface area contributed by atoms with Crippen molar-refractivity contribution in [1.29, 1.82) is 0 Å². The molecular weight excluding hydrogens is 266 g/mol. The molecule has 0 radical (unpaired) electrons. The van der Waals surface area contributed by atoms with Gasteiger partial charge < -0.3 is 10.2 Å². The monoisotopic (exact) mass is 289 g/mol. The largest absolute Gasteiger partial charge is 0.343 e. The molecule has 114 valence electrons. The van der Waals surface area contributed by atoms with Gasteiger partial charge in [-0.15, -0.1) is 0 Å². The molecule has 1 aromatic rings. The summed E-state index contributed by atoms with van der Waals surface area (Å²) in [4.78, 5) is 30.6. The summed E-state index contributed by atoms with van der Waals surface area (Å²) in [5, 5.41) is 2.84. The third kappa shape index (κ3) is 3.23. The number of pyridine rings is 1. The topological polar surface area (TPSA) is 62.3 Å². The van der Waals surface area contributed by atoms with Gasteiger partial charge in [0.25, 0.3) is 0 Å². The smallest absolute Gasteiger partial charge is 0.246 e. The van der Waals surface area contributed by atoms with E-state index in [1.54, 1.807) is 24.2 Å². The Hall–Kier alpha value is -1.91. The Balaban J connectivity index is 2.26. The molecule has 2 heterocycles. The minimum atomic E-state index is -0.455. The van der Waals surface area contributed by atoms with Crippen LogP contribution in [-0.4, -0.2) is 33.8 Å². The molecule has 1 aromatic heterocycles. The standard InChI is InChI=1S/C16H23N3O2/c1-10(2)9-14-16(21)19(12(4)15(20)18-14)11(3)13-5-7-17-8-6-13/h5-8,10-12,14H,9H2,1-4H3,(H,18,20). The lowest BCUT2D eigenvalue weighted by Crippen LogP contribution is -2.62. The molecule has 0 aromatic carbocycles. The maximum atomic E-state index is 12.7. The molecule has 1 fully saturated rings. The first-order chi connectivity index (χ1) is 9.91. The Morgan fingerprint density at radius 2 is 1.86 bits per heavy atom. The molecule has 3 unspecified atom stereocenters. The van der Waals surface area contributed by atoms with Gasteiger partial charge in [0.2, 0.25) is 11.8 Å². The average molecular weight is 289 g/mol. The van der Waals surface area contributed by atoms with E-state index in [1.807, 2.05) is 32.9 Å². The van der Waals surface area contributed by atoms with E-state index in [0.29, 0.717) is 12.3 Å². The number of aromatic nitrogens is 1. The third-order valence-corrected chi connectivity index (χ3v) is 3.98. The van der Waals surface area contributed by atoms with Crippen molar-refractivity contribution in [1.82, 2.24) is 15.2 Å². The van der Waals surface area contributed by atoms with E-state index in [0.717, 1.165) is 5.56 Å². The fourth-order valence-corrected chi connectivity index (χ4v) is 2.81. The second kappa shape index (κ2) is 6.24. The van der Waals surface area contributed by atoms with Gasteiger partial charge in [0, 0.05) is 12.4 Å². The molecule has 1 aliphatic rings. The summed E-state index contributed by atoms with van der Waals surface area (Å²) in [6, 6.07) is 2.75. The number of carbonyl (C=O) groups excluding carboxylic acids is 2. The summed E-state index contributed by atoms with van der Waals surface area (Å²) in [5.41, 5.74) is 0.989. The zero-order valence-corrected chi connectivity index (χ0v) is 13.0. The van der Waals surface area contributed by atoms with Crippen LogP contribution in [0.5, 0.6) is 0 Å². The average Bonchev–Trinajstić information content (AvgIpc) is 2.45. The van der Waals surface area contributed by atoms with Crippen molar-refractivity contribution >= 4 is 11.8 Å². The van der Waals surface area contributed by atoms with Crippen molar-refractivity contribution in [2.24, 2.45) is 5.92 Å². The second-order valence-corrected chi connectivity index (χ2v) is 6.07. The highest BCUT2D eigenvalue weighted by Gasteiger charge is 2.40. The molecule has 2 rings (SSSR count). The number of nitrogens with zero attached hydrogens (tertiary/aromatic N) is 2. The molecule has 5 heteroatoms. The SMILES string of the molecule is CC(C)CC1NC(=O)C(C)N(C(C)c2ccncc2)C1=O. The van der Waals surface area contributed by atoms with Crippen LogP contribution in [0.4, 0.5) is 0 Å². The summed E-state index contributed by atoms with van der Waals surface area (Å²) < 4.78 is 0. The molecule has 1 saturated heterocycles. The van der Waals surface area contributed by atoms with E-state index in [2.05, 4.69) is 10.3 Å². The molecule has 21 heavy (non-hydrogen) atoms. The zero-order chi connectivity index (χ0) is 15.6. The molecule has 1 N–H and O–H groups in total. The molecule has 0 aliphatic carbocycles. The molecule has 3 atom stereocenters. The van der Waals surface area contributed by atoms with Crippen molar-refractivity contribution in [2.45, 2.75) is 52.2 Å². The first-order valence-electron chi connectivity index (χ1n) is 7.44. The Kier molecular flexibility index (Phi) is 4.60. The third-order valence-electron chi connectivity index (χ3n) is 3.98. The molecule has 2 amide bonds. The van der Waals surface area contributed by atoms with Crippen LogP contribution in [0.15, 0.2) is 24.5 Å². The fourth-order valence-electron chi connectivity index (χ4n) is 2.81. The van der Waals surface area contributed by atoms with E-state index in [1.165, 1.54) is 0 Å². The summed E-state index contributed by atoms with van der Waals surface area (Å²) in [6.07, 6.45) is 4.07. The van der Waals surface area contributed by atoms with Crippen molar-refractivity contribution < 1.29 is 9.59 Å². The van der Waals surface area contributed by atoms with E-state index in [9.17, 15) is 9.59 Å². The van der Waals surface area contributed by atoms with E-state index in [4.69, 9.17) is 0 Å². The number of hydrogen-bond acceptors (Lipinski definition) is 3. The van der Waals surface area contributed by atoms with Gasteiger partial charge in [0.1, 0.15) is 12.1 Å². The summed E-state index contributed by atoms with van der Waals surface area (Å²) in [6.45, 7) is 7.83. The van der Waals surface area contributed by atoms with Gasteiger partial charge in [-0.25, -0.2) is 0 Å². The van der Waals surface area contributed by atoms with E-state index < -0.39 is 12.1 Å². The molecular formula is C16H23N3O2.